The van der Waals surface area contributed by atoms with Gasteiger partial charge in [-0.15, -0.1) is 0 Å². The van der Waals surface area contributed by atoms with Crippen LogP contribution in [0.15, 0.2) is 6.07 Å². The summed E-state index contributed by atoms with van der Waals surface area (Å²) in [5, 5.41) is 0. The third-order valence-electron chi connectivity index (χ3n) is 6.60. The van der Waals surface area contributed by atoms with E-state index in [9.17, 15) is 4.79 Å². The van der Waals surface area contributed by atoms with Gasteiger partial charge in [0.25, 0.3) is 0 Å². The summed E-state index contributed by atoms with van der Waals surface area (Å²) >= 11 is 0. The Kier molecular flexibility index (Phi) is 3.85. The predicted octanol–water partition coefficient (Wildman–Crippen LogP) is 5.27. The van der Waals surface area contributed by atoms with Crippen molar-refractivity contribution < 1.29 is 9.53 Å². The Morgan fingerprint density at radius 3 is 2.52 bits per heavy atom. The van der Waals surface area contributed by atoms with Gasteiger partial charge in [0.2, 0.25) is 0 Å². The van der Waals surface area contributed by atoms with Crippen LogP contribution in [-0.2, 0) is 11.8 Å². The molecule has 23 heavy (non-hydrogen) atoms. The number of aldehydes is 1. The molecule has 0 heterocycles. The van der Waals surface area contributed by atoms with E-state index in [1.807, 2.05) is 0 Å². The molecular weight excluding hydrogens is 284 g/mol. The highest BCUT2D eigenvalue weighted by Gasteiger charge is 2.53. The lowest BCUT2D eigenvalue weighted by Crippen LogP contribution is -2.42. The number of benzene rings is 1. The Hall–Kier alpha value is -1.31. The first-order valence-electron chi connectivity index (χ1n) is 8.95. The molecule has 0 amide bonds. The zero-order chi connectivity index (χ0) is 17.0. The summed E-state index contributed by atoms with van der Waals surface area (Å²) in [5.41, 5.74) is 5.08. The lowest BCUT2D eigenvalue weighted by molar-refractivity contribution is 0.0696. The maximum atomic E-state index is 11.9. The second-order valence-corrected chi connectivity index (χ2v) is 8.73. The van der Waals surface area contributed by atoms with Crippen molar-refractivity contribution in [2.75, 3.05) is 7.11 Å². The number of methoxy groups -OCH3 is 1. The van der Waals surface area contributed by atoms with Crippen LogP contribution in [0.1, 0.15) is 86.8 Å². The van der Waals surface area contributed by atoms with E-state index >= 15 is 0 Å². The van der Waals surface area contributed by atoms with Gasteiger partial charge in [-0.3, -0.25) is 4.79 Å². The maximum Gasteiger partial charge on any atom is 0.150 e. The largest absolute Gasteiger partial charge is 0.496 e. The van der Waals surface area contributed by atoms with Crippen LogP contribution in [0.25, 0.3) is 0 Å². The number of fused-ring (bicyclic) bond motifs is 3. The molecule has 2 nitrogen and oxygen atoms in total. The Labute approximate surface area is 140 Å². The van der Waals surface area contributed by atoms with Crippen LogP contribution >= 0.6 is 0 Å². The molecule has 0 N–H and O–H groups in total. The summed E-state index contributed by atoms with van der Waals surface area (Å²) in [6, 6.07) is 2.09. The Morgan fingerprint density at radius 1 is 1.26 bits per heavy atom. The highest BCUT2D eigenvalue weighted by atomic mass is 16.5. The Bertz CT molecular complexity index is 642. The van der Waals surface area contributed by atoms with Gasteiger partial charge >= 0.3 is 0 Å². The minimum absolute atomic E-state index is 0.107. The Morgan fingerprint density at radius 2 is 1.96 bits per heavy atom. The first-order chi connectivity index (χ1) is 10.8. The van der Waals surface area contributed by atoms with Crippen LogP contribution in [-0.4, -0.2) is 13.4 Å². The summed E-state index contributed by atoms with van der Waals surface area (Å²) in [6.07, 6.45) is 5.81. The molecule has 1 saturated carbocycles. The van der Waals surface area contributed by atoms with Gasteiger partial charge in [0.1, 0.15) is 12.0 Å². The molecule has 0 bridgehead atoms. The minimum atomic E-state index is 0.107. The third-order valence-corrected chi connectivity index (χ3v) is 6.60. The average molecular weight is 314 g/mol. The monoisotopic (exact) mass is 314 g/mol. The molecule has 0 aromatic heterocycles. The molecular formula is C21H30O2. The highest BCUT2D eigenvalue weighted by Crippen LogP contribution is 2.60. The highest BCUT2D eigenvalue weighted by molar-refractivity contribution is 5.82. The fourth-order valence-corrected chi connectivity index (χ4v) is 5.53. The van der Waals surface area contributed by atoms with E-state index in [-0.39, 0.29) is 5.41 Å². The van der Waals surface area contributed by atoms with Crippen LogP contribution < -0.4 is 4.74 Å². The fourth-order valence-electron chi connectivity index (χ4n) is 5.53. The summed E-state index contributed by atoms with van der Waals surface area (Å²) in [6.45, 7) is 11.5. The van der Waals surface area contributed by atoms with Gasteiger partial charge in [-0.25, -0.2) is 0 Å². The lowest BCUT2D eigenvalue weighted by atomic mass is 9.56. The van der Waals surface area contributed by atoms with Crippen molar-refractivity contribution in [3.05, 3.63) is 28.3 Å². The SMILES string of the molecule is COc1c(C(C)C)cc(C=O)c2c1C[C@H]1C(C)(C)CCC[C@]21C. The van der Waals surface area contributed by atoms with Crippen molar-refractivity contribution >= 4 is 6.29 Å². The molecule has 0 unspecified atom stereocenters. The number of hydrogen-bond acceptors (Lipinski definition) is 2. The van der Waals surface area contributed by atoms with Gasteiger partial charge in [0.15, 0.2) is 0 Å². The van der Waals surface area contributed by atoms with E-state index in [4.69, 9.17) is 4.74 Å². The molecule has 1 aromatic carbocycles. The van der Waals surface area contributed by atoms with Crippen molar-refractivity contribution in [1.29, 1.82) is 0 Å². The van der Waals surface area contributed by atoms with Crippen LogP contribution in [0, 0.1) is 11.3 Å². The van der Waals surface area contributed by atoms with Crippen LogP contribution in [0.2, 0.25) is 0 Å². The number of ether oxygens (including phenoxy) is 1. The number of carbonyl (C=O) groups is 1. The Balaban J connectivity index is 2.29. The molecule has 2 aliphatic rings. The standard InChI is InChI=1S/C21H30O2/c1-13(2)15-10-14(12-22)18-16(19(15)23-6)11-17-20(3,4)8-7-9-21(17,18)5/h10,12-13,17H,7-9,11H2,1-6H3/t17-,21-/m0/s1. The maximum absolute atomic E-state index is 11.9. The quantitative estimate of drug-likeness (QED) is 0.710. The smallest absolute Gasteiger partial charge is 0.150 e. The van der Waals surface area contributed by atoms with Crippen molar-refractivity contribution in [2.45, 2.75) is 71.6 Å². The molecule has 126 valence electrons. The molecule has 1 aromatic rings. The van der Waals surface area contributed by atoms with E-state index in [2.05, 4.69) is 40.7 Å². The second-order valence-electron chi connectivity index (χ2n) is 8.73. The molecule has 0 aliphatic heterocycles. The van der Waals surface area contributed by atoms with Gasteiger partial charge in [0, 0.05) is 5.56 Å². The minimum Gasteiger partial charge on any atom is -0.496 e. The zero-order valence-electron chi connectivity index (χ0n) is 15.5. The van der Waals surface area contributed by atoms with E-state index in [0.29, 0.717) is 17.3 Å². The number of hydrogen-bond donors (Lipinski definition) is 0. The van der Waals surface area contributed by atoms with Gasteiger partial charge in [-0.05, 0) is 64.7 Å². The van der Waals surface area contributed by atoms with Crippen molar-refractivity contribution in [2.24, 2.45) is 11.3 Å². The fraction of sp³-hybridized carbons (Fsp3) is 0.667. The summed E-state index contributed by atoms with van der Waals surface area (Å²) in [4.78, 5) is 11.9. The lowest BCUT2D eigenvalue weighted by Gasteiger charge is -2.48. The first kappa shape index (κ1) is 16.5. The van der Waals surface area contributed by atoms with E-state index < -0.39 is 0 Å². The van der Waals surface area contributed by atoms with Gasteiger partial charge in [-0.2, -0.15) is 0 Å². The number of carbonyl (C=O) groups excluding carboxylic acids is 1. The topological polar surface area (TPSA) is 26.3 Å². The molecule has 3 rings (SSSR count). The summed E-state index contributed by atoms with van der Waals surface area (Å²) < 4.78 is 5.85. The summed E-state index contributed by atoms with van der Waals surface area (Å²) in [5.74, 6) is 1.98. The van der Waals surface area contributed by atoms with Gasteiger partial charge in [-0.1, -0.05) is 41.0 Å². The van der Waals surface area contributed by atoms with Gasteiger partial charge < -0.3 is 4.74 Å². The van der Waals surface area contributed by atoms with Crippen molar-refractivity contribution in [1.82, 2.24) is 0 Å². The zero-order valence-corrected chi connectivity index (χ0v) is 15.5. The van der Waals surface area contributed by atoms with E-state index in [1.165, 1.54) is 36.0 Å². The van der Waals surface area contributed by atoms with Crippen molar-refractivity contribution in [3.8, 4) is 5.75 Å². The first-order valence-corrected chi connectivity index (χ1v) is 8.95. The van der Waals surface area contributed by atoms with Crippen LogP contribution in [0.3, 0.4) is 0 Å². The molecule has 0 spiro atoms. The number of rotatable bonds is 3. The summed E-state index contributed by atoms with van der Waals surface area (Å²) in [7, 11) is 1.78. The third kappa shape index (κ3) is 2.25. The molecule has 1 fully saturated rings. The van der Waals surface area contributed by atoms with E-state index in [1.54, 1.807) is 7.11 Å². The van der Waals surface area contributed by atoms with Crippen molar-refractivity contribution in [3.63, 3.8) is 0 Å². The molecule has 2 heteroatoms. The molecule has 0 radical (unpaired) electrons. The second kappa shape index (κ2) is 5.36. The molecule has 0 saturated heterocycles. The van der Waals surface area contributed by atoms with E-state index in [0.717, 1.165) is 24.0 Å². The normalized spacial score (nSPS) is 28.4. The molecule has 2 aliphatic carbocycles. The van der Waals surface area contributed by atoms with Crippen LogP contribution in [0.5, 0.6) is 5.75 Å². The van der Waals surface area contributed by atoms with Gasteiger partial charge in [0.05, 0.1) is 7.11 Å². The average Bonchev–Trinajstić information content (AvgIpc) is 2.80. The predicted molar refractivity (Wildman–Crippen MR) is 94.6 cm³/mol. The molecule has 2 atom stereocenters. The van der Waals surface area contributed by atoms with Crippen LogP contribution in [0.4, 0.5) is 0 Å².